The van der Waals surface area contributed by atoms with E-state index in [1.54, 1.807) is 36.4 Å². The molecule has 1 amide bonds. The van der Waals surface area contributed by atoms with Crippen LogP contribution in [0.25, 0.3) is 11.1 Å². The molecule has 0 unspecified atom stereocenters. The van der Waals surface area contributed by atoms with E-state index in [0.29, 0.717) is 29.2 Å². The molecule has 0 aliphatic rings. The molecule has 4 rings (SSSR count). The molecule has 0 aliphatic heterocycles. The van der Waals surface area contributed by atoms with Gasteiger partial charge in [0.05, 0.1) is 5.56 Å². The Morgan fingerprint density at radius 2 is 1.37 bits per heavy atom. The average Bonchev–Trinajstić information content (AvgIpc) is 2.89. The van der Waals surface area contributed by atoms with E-state index in [1.807, 2.05) is 59.5 Å². The minimum absolute atomic E-state index is 0.0870. The maximum atomic E-state index is 13.5. The molecule has 4 aromatic rings. The van der Waals surface area contributed by atoms with Crippen molar-refractivity contribution in [1.29, 1.82) is 0 Å². The third-order valence-corrected chi connectivity index (χ3v) is 6.19. The van der Waals surface area contributed by atoms with Crippen LogP contribution in [0.5, 0.6) is 0 Å². The second-order valence-electron chi connectivity index (χ2n) is 8.33. The predicted molar refractivity (Wildman–Crippen MR) is 140 cm³/mol. The Morgan fingerprint density at radius 1 is 0.743 bits per heavy atom. The van der Waals surface area contributed by atoms with Crippen LogP contribution in [0.4, 0.5) is 0 Å². The number of benzene rings is 4. The Balaban J connectivity index is 1.64. The van der Waals surface area contributed by atoms with Crippen molar-refractivity contribution >= 4 is 23.5 Å². The molecular weight excluding hydrogens is 458 g/mol. The molecule has 35 heavy (non-hydrogen) atoms. The van der Waals surface area contributed by atoms with Gasteiger partial charge in [-0.25, -0.2) is 4.79 Å². The zero-order chi connectivity index (χ0) is 24.6. The molecule has 0 spiro atoms. The first-order valence-corrected chi connectivity index (χ1v) is 11.9. The van der Waals surface area contributed by atoms with Crippen LogP contribution in [0.1, 0.15) is 38.3 Å². The van der Waals surface area contributed by atoms with Crippen molar-refractivity contribution < 1.29 is 14.7 Å². The van der Waals surface area contributed by atoms with Crippen LogP contribution in [-0.4, -0.2) is 28.4 Å². The number of nitrogens with zero attached hydrogens (tertiary/aromatic N) is 1. The first-order valence-electron chi connectivity index (χ1n) is 11.5. The summed E-state index contributed by atoms with van der Waals surface area (Å²) >= 11 is 6.03. The summed E-state index contributed by atoms with van der Waals surface area (Å²) in [6, 6.07) is 31.7. The fourth-order valence-corrected chi connectivity index (χ4v) is 4.30. The Kier molecular flexibility index (Phi) is 7.96. The van der Waals surface area contributed by atoms with Gasteiger partial charge in [0.1, 0.15) is 0 Å². The van der Waals surface area contributed by atoms with E-state index in [1.165, 1.54) is 5.56 Å². The Labute approximate surface area is 210 Å². The molecular formula is C30H26ClNO3. The molecule has 0 aromatic heterocycles. The topological polar surface area (TPSA) is 57.6 Å². The van der Waals surface area contributed by atoms with E-state index < -0.39 is 5.97 Å². The number of rotatable bonds is 9. The SMILES string of the molecule is O=C(O)c1ccccc1-c1ccccc1CN(CCCc1ccccc1)C(=O)c1ccc(Cl)cc1. The fraction of sp³-hybridized carbons (Fsp3) is 0.133. The van der Waals surface area contributed by atoms with Gasteiger partial charge in [-0.1, -0.05) is 84.4 Å². The molecule has 0 heterocycles. The van der Waals surface area contributed by atoms with E-state index >= 15 is 0 Å². The van der Waals surface area contributed by atoms with Crippen LogP contribution >= 0.6 is 11.6 Å². The van der Waals surface area contributed by atoms with Gasteiger partial charge in [0.15, 0.2) is 0 Å². The Morgan fingerprint density at radius 3 is 2.09 bits per heavy atom. The van der Waals surface area contributed by atoms with Crippen LogP contribution in [0.2, 0.25) is 5.02 Å². The van der Waals surface area contributed by atoms with Crippen molar-refractivity contribution in [2.24, 2.45) is 0 Å². The third kappa shape index (κ3) is 6.17. The number of hydrogen-bond donors (Lipinski definition) is 1. The van der Waals surface area contributed by atoms with Gasteiger partial charge in [-0.3, -0.25) is 4.79 Å². The van der Waals surface area contributed by atoms with Crippen LogP contribution < -0.4 is 0 Å². The van der Waals surface area contributed by atoms with Gasteiger partial charge in [-0.15, -0.1) is 0 Å². The summed E-state index contributed by atoms with van der Waals surface area (Å²) in [6.07, 6.45) is 1.66. The van der Waals surface area contributed by atoms with Crippen LogP contribution in [-0.2, 0) is 13.0 Å². The highest BCUT2D eigenvalue weighted by atomic mass is 35.5. The zero-order valence-electron chi connectivity index (χ0n) is 19.2. The summed E-state index contributed by atoms with van der Waals surface area (Å²) in [5, 5.41) is 10.3. The van der Waals surface area contributed by atoms with Gasteiger partial charge in [-0.05, 0) is 65.4 Å². The smallest absolute Gasteiger partial charge is 0.336 e. The Bertz CT molecular complexity index is 1300. The molecule has 0 aliphatic carbocycles. The second kappa shape index (κ2) is 11.5. The lowest BCUT2D eigenvalue weighted by atomic mass is 9.95. The number of aryl methyl sites for hydroxylation is 1. The number of carbonyl (C=O) groups excluding carboxylic acids is 1. The van der Waals surface area contributed by atoms with Gasteiger partial charge in [-0.2, -0.15) is 0 Å². The van der Waals surface area contributed by atoms with E-state index in [2.05, 4.69) is 12.1 Å². The van der Waals surface area contributed by atoms with Crippen molar-refractivity contribution in [3.05, 3.63) is 130 Å². The lowest BCUT2D eigenvalue weighted by Gasteiger charge is -2.25. The first-order chi connectivity index (χ1) is 17.0. The summed E-state index contributed by atoms with van der Waals surface area (Å²) in [6.45, 7) is 0.922. The summed E-state index contributed by atoms with van der Waals surface area (Å²) < 4.78 is 0. The van der Waals surface area contributed by atoms with Crippen LogP contribution in [0.3, 0.4) is 0 Å². The van der Waals surface area contributed by atoms with Gasteiger partial charge in [0, 0.05) is 23.7 Å². The molecule has 0 saturated carbocycles. The van der Waals surface area contributed by atoms with E-state index in [-0.39, 0.29) is 11.5 Å². The summed E-state index contributed by atoms with van der Waals surface area (Å²) in [7, 11) is 0. The molecule has 5 heteroatoms. The van der Waals surface area contributed by atoms with E-state index in [0.717, 1.165) is 24.0 Å². The number of carboxylic acids is 1. The zero-order valence-corrected chi connectivity index (χ0v) is 20.0. The van der Waals surface area contributed by atoms with Gasteiger partial charge >= 0.3 is 5.97 Å². The van der Waals surface area contributed by atoms with Crippen molar-refractivity contribution in [3.8, 4) is 11.1 Å². The number of aromatic carboxylic acids is 1. The lowest BCUT2D eigenvalue weighted by molar-refractivity contribution is 0.0695. The molecule has 1 N–H and O–H groups in total. The summed E-state index contributed by atoms with van der Waals surface area (Å²) in [4.78, 5) is 27.2. The second-order valence-corrected chi connectivity index (χ2v) is 8.77. The molecule has 4 aromatic carbocycles. The van der Waals surface area contributed by atoms with Crippen LogP contribution in [0, 0.1) is 0 Å². The van der Waals surface area contributed by atoms with Crippen molar-refractivity contribution in [2.45, 2.75) is 19.4 Å². The number of hydrogen-bond acceptors (Lipinski definition) is 2. The van der Waals surface area contributed by atoms with Crippen molar-refractivity contribution in [2.75, 3.05) is 6.54 Å². The number of carboxylic acid groups (broad SMARTS) is 1. The minimum atomic E-state index is -0.979. The average molecular weight is 484 g/mol. The number of amides is 1. The molecule has 0 radical (unpaired) electrons. The van der Waals surface area contributed by atoms with Gasteiger partial charge in [0.2, 0.25) is 0 Å². The molecule has 0 fully saturated rings. The normalized spacial score (nSPS) is 10.7. The maximum absolute atomic E-state index is 13.5. The van der Waals surface area contributed by atoms with Crippen molar-refractivity contribution in [3.63, 3.8) is 0 Å². The molecule has 0 saturated heterocycles. The quantitative estimate of drug-likeness (QED) is 0.279. The summed E-state index contributed by atoms with van der Waals surface area (Å²) in [5.74, 6) is -1.07. The largest absolute Gasteiger partial charge is 0.478 e. The standard InChI is InChI=1S/C30H26ClNO3/c31-25-18-16-23(17-19-25)29(33)32(20-8-11-22-9-2-1-3-10-22)21-24-12-4-5-13-26(24)27-14-6-7-15-28(27)30(34)35/h1-7,9-10,12-19H,8,11,20-21H2,(H,34,35). The van der Waals surface area contributed by atoms with Crippen LogP contribution in [0.15, 0.2) is 103 Å². The molecule has 0 bridgehead atoms. The minimum Gasteiger partial charge on any atom is -0.478 e. The number of halogens is 1. The summed E-state index contributed by atoms with van der Waals surface area (Å²) in [5.41, 5.74) is 4.36. The van der Waals surface area contributed by atoms with Gasteiger partial charge < -0.3 is 10.0 Å². The molecule has 0 atom stereocenters. The highest BCUT2D eigenvalue weighted by Crippen LogP contribution is 2.29. The highest BCUT2D eigenvalue weighted by Gasteiger charge is 2.19. The third-order valence-electron chi connectivity index (χ3n) is 5.94. The number of carbonyl (C=O) groups is 2. The molecule has 4 nitrogen and oxygen atoms in total. The monoisotopic (exact) mass is 483 g/mol. The first kappa shape index (κ1) is 24.2. The van der Waals surface area contributed by atoms with E-state index in [4.69, 9.17) is 11.6 Å². The van der Waals surface area contributed by atoms with Crippen molar-refractivity contribution in [1.82, 2.24) is 4.90 Å². The maximum Gasteiger partial charge on any atom is 0.336 e. The van der Waals surface area contributed by atoms with E-state index in [9.17, 15) is 14.7 Å². The van der Waals surface area contributed by atoms with Gasteiger partial charge in [0.25, 0.3) is 5.91 Å². The predicted octanol–water partition coefficient (Wildman–Crippen LogP) is 6.98. The fourth-order valence-electron chi connectivity index (χ4n) is 4.18. The molecule has 176 valence electrons. The highest BCUT2D eigenvalue weighted by molar-refractivity contribution is 6.30. The lowest BCUT2D eigenvalue weighted by Crippen LogP contribution is -2.32. The Hall–Kier alpha value is -3.89.